The second-order valence-corrected chi connectivity index (χ2v) is 11.6. The van der Waals surface area contributed by atoms with Crippen LogP contribution in [0.1, 0.15) is 110 Å². The lowest BCUT2D eigenvalue weighted by molar-refractivity contribution is 0.126. The molecule has 0 spiro atoms. The molecule has 1 aromatic rings. The van der Waals surface area contributed by atoms with Gasteiger partial charge < -0.3 is 15.4 Å². The van der Waals surface area contributed by atoms with Crippen molar-refractivity contribution in [2.24, 2.45) is 5.92 Å². The standard InChI is InChI=1S/C34H51N3O/c1-9-13-29(26(10-2)23-31(32(36)11-3)34(7,8)38)33(24(4)5)30-22-28(15-14-25(30)6)27-16-20-37(21-17-27)19-12-18-35/h10,14-15,22-24,27,36,38H,9,11-13,16-17,19-21H2,1-8H3/b26-10+,31-23+,33-29+,36-32?. The average molecular weight is 518 g/mol. The lowest BCUT2D eigenvalue weighted by atomic mass is 9.80. The fraction of sp³-hybridized carbons (Fsp3) is 0.588. The van der Waals surface area contributed by atoms with Gasteiger partial charge in [-0.3, -0.25) is 0 Å². The molecule has 2 rings (SSSR count). The number of piperidine rings is 1. The zero-order valence-electron chi connectivity index (χ0n) is 25.2. The summed E-state index contributed by atoms with van der Waals surface area (Å²) in [5, 5.41) is 28.4. The monoisotopic (exact) mass is 517 g/mol. The summed E-state index contributed by atoms with van der Waals surface area (Å²) in [6, 6.07) is 9.33. The number of nitriles is 1. The van der Waals surface area contributed by atoms with Crippen molar-refractivity contribution in [3.63, 3.8) is 0 Å². The molecule has 4 heteroatoms. The van der Waals surface area contributed by atoms with Crippen molar-refractivity contribution in [3.05, 3.63) is 63.8 Å². The van der Waals surface area contributed by atoms with Gasteiger partial charge in [0.1, 0.15) is 0 Å². The molecule has 0 radical (unpaired) electrons. The van der Waals surface area contributed by atoms with Gasteiger partial charge in [0.25, 0.3) is 0 Å². The van der Waals surface area contributed by atoms with Gasteiger partial charge in [-0.2, -0.15) is 5.26 Å². The topological polar surface area (TPSA) is 71.1 Å². The van der Waals surface area contributed by atoms with Gasteiger partial charge >= 0.3 is 0 Å². The van der Waals surface area contributed by atoms with Crippen molar-refractivity contribution in [2.45, 2.75) is 105 Å². The van der Waals surface area contributed by atoms with Gasteiger partial charge in [-0.1, -0.05) is 58.4 Å². The van der Waals surface area contributed by atoms with Crippen LogP contribution in [0.2, 0.25) is 0 Å². The number of rotatable bonds is 12. The van der Waals surface area contributed by atoms with Gasteiger partial charge in [0.15, 0.2) is 0 Å². The molecular formula is C34H51N3O. The first-order valence-electron chi connectivity index (χ1n) is 14.6. The third-order valence-corrected chi connectivity index (χ3v) is 7.85. The number of aryl methyl sites for hydroxylation is 1. The Morgan fingerprint density at radius 2 is 1.89 bits per heavy atom. The highest BCUT2D eigenvalue weighted by molar-refractivity contribution is 6.00. The molecule has 0 saturated carbocycles. The highest BCUT2D eigenvalue weighted by Crippen LogP contribution is 2.38. The molecule has 0 aromatic heterocycles. The predicted molar refractivity (Wildman–Crippen MR) is 163 cm³/mol. The molecule has 1 aliphatic heterocycles. The number of aliphatic hydroxyl groups is 1. The quantitative estimate of drug-likeness (QED) is 0.216. The lowest BCUT2D eigenvalue weighted by Crippen LogP contribution is -2.33. The largest absolute Gasteiger partial charge is 0.386 e. The van der Waals surface area contributed by atoms with E-state index in [-0.39, 0.29) is 0 Å². The summed E-state index contributed by atoms with van der Waals surface area (Å²) in [7, 11) is 0. The van der Waals surface area contributed by atoms with E-state index in [4.69, 9.17) is 10.7 Å². The Balaban J connectivity index is 2.62. The van der Waals surface area contributed by atoms with E-state index in [1.54, 1.807) is 13.8 Å². The van der Waals surface area contributed by atoms with Gasteiger partial charge in [0.05, 0.1) is 11.7 Å². The third-order valence-electron chi connectivity index (χ3n) is 7.85. The lowest BCUT2D eigenvalue weighted by Gasteiger charge is -2.32. The van der Waals surface area contributed by atoms with Crippen LogP contribution < -0.4 is 0 Å². The van der Waals surface area contributed by atoms with Crippen molar-refractivity contribution in [2.75, 3.05) is 19.6 Å². The van der Waals surface area contributed by atoms with Crippen molar-refractivity contribution in [3.8, 4) is 6.07 Å². The SMILES string of the molecule is C/C=C(\C=C(/C(=N)CC)C(C)(C)O)C(/CCC)=C(/c1cc(C2CCN(CCC#N)CC2)ccc1C)C(C)C. The van der Waals surface area contributed by atoms with Crippen LogP contribution in [0.5, 0.6) is 0 Å². The first kappa shape index (κ1) is 31.7. The maximum atomic E-state index is 10.9. The minimum Gasteiger partial charge on any atom is -0.386 e. The zero-order valence-corrected chi connectivity index (χ0v) is 25.2. The number of allylic oxidation sites excluding steroid dienone is 5. The molecule has 0 amide bonds. The van der Waals surface area contributed by atoms with Gasteiger partial charge in [0, 0.05) is 24.3 Å². The van der Waals surface area contributed by atoms with Gasteiger partial charge in [-0.15, -0.1) is 0 Å². The first-order valence-corrected chi connectivity index (χ1v) is 14.6. The Labute approximate surface area is 232 Å². The summed E-state index contributed by atoms with van der Waals surface area (Å²) in [5.41, 5.74) is 7.95. The molecule has 0 unspecified atom stereocenters. The molecule has 0 aliphatic carbocycles. The van der Waals surface area contributed by atoms with E-state index < -0.39 is 5.60 Å². The van der Waals surface area contributed by atoms with Crippen molar-refractivity contribution >= 4 is 11.3 Å². The molecule has 4 nitrogen and oxygen atoms in total. The molecule has 0 bridgehead atoms. The summed E-state index contributed by atoms with van der Waals surface area (Å²) < 4.78 is 0. The second-order valence-electron chi connectivity index (χ2n) is 11.6. The highest BCUT2D eigenvalue weighted by atomic mass is 16.3. The fourth-order valence-electron chi connectivity index (χ4n) is 5.71. The molecule has 1 fully saturated rings. The molecule has 0 atom stereocenters. The van der Waals surface area contributed by atoms with Crippen LogP contribution in [0.15, 0.2) is 47.1 Å². The third kappa shape index (κ3) is 8.26. The predicted octanol–water partition coefficient (Wildman–Crippen LogP) is 8.37. The van der Waals surface area contributed by atoms with E-state index in [9.17, 15) is 5.11 Å². The Hall–Kier alpha value is -2.48. The van der Waals surface area contributed by atoms with E-state index in [2.05, 4.69) is 75.9 Å². The summed E-state index contributed by atoms with van der Waals surface area (Å²) >= 11 is 0. The van der Waals surface area contributed by atoms with Crippen LogP contribution in [-0.2, 0) is 0 Å². The minimum atomic E-state index is -1.07. The zero-order chi connectivity index (χ0) is 28.5. The Morgan fingerprint density at radius 3 is 2.39 bits per heavy atom. The maximum absolute atomic E-state index is 10.9. The van der Waals surface area contributed by atoms with Gasteiger partial charge in [0.2, 0.25) is 0 Å². The van der Waals surface area contributed by atoms with E-state index in [1.165, 1.54) is 27.8 Å². The first-order chi connectivity index (χ1) is 18.0. The molecule has 1 heterocycles. The number of nitrogens with one attached hydrogen (secondary N) is 1. The van der Waals surface area contributed by atoms with E-state index >= 15 is 0 Å². The molecule has 1 saturated heterocycles. The number of hydrogen-bond acceptors (Lipinski definition) is 4. The number of benzene rings is 1. The van der Waals surface area contributed by atoms with Gasteiger partial charge in [-0.05, 0) is 118 Å². The van der Waals surface area contributed by atoms with Crippen LogP contribution in [0.3, 0.4) is 0 Å². The second kappa shape index (κ2) is 14.6. The van der Waals surface area contributed by atoms with Crippen molar-refractivity contribution < 1.29 is 5.11 Å². The maximum Gasteiger partial charge on any atom is 0.0858 e. The molecule has 1 aliphatic rings. The van der Waals surface area contributed by atoms with Crippen LogP contribution in [-0.4, -0.2) is 41.0 Å². The van der Waals surface area contributed by atoms with E-state index in [0.717, 1.165) is 50.9 Å². The average Bonchev–Trinajstić information content (AvgIpc) is 2.88. The normalized spacial score (nSPS) is 17.0. The Bertz CT molecular complexity index is 1080. The molecule has 38 heavy (non-hydrogen) atoms. The van der Waals surface area contributed by atoms with Crippen LogP contribution in [0, 0.1) is 29.6 Å². The van der Waals surface area contributed by atoms with Crippen LogP contribution >= 0.6 is 0 Å². The number of likely N-dealkylation sites (tertiary alicyclic amines) is 1. The molecule has 2 N–H and O–H groups in total. The van der Waals surface area contributed by atoms with Crippen molar-refractivity contribution in [1.29, 1.82) is 10.7 Å². The molecule has 1 aromatic carbocycles. The molecule has 208 valence electrons. The van der Waals surface area contributed by atoms with E-state index in [0.29, 0.717) is 36.0 Å². The van der Waals surface area contributed by atoms with E-state index in [1.807, 2.05) is 6.92 Å². The smallest absolute Gasteiger partial charge is 0.0858 e. The molecular weight excluding hydrogens is 466 g/mol. The Morgan fingerprint density at radius 1 is 1.24 bits per heavy atom. The van der Waals surface area contributed by atoms with Gasteiger partial charge in [-0.25, -0.2) is 0 Å². The highest BCUT2D eigenvalue weighted by Gasteiger charge is 2.25. The summed E-state index contributed by atoms with van der Waals surface area (Å²) in [6.07, 6.45) is 9.65. The summed E-state index contributed by atoms with van der Waals surface area (Å²) in [4.78, 5) is 2.42. The summed E-state index contributed by atoms with van der Waals surface area (Å²) in [5.74, 6) is 0.876. The Kier molecular flexibility index (Phi) is 12.2. The minimum absolute atomic E-state index is 0.331. The summed E-state index contributed by atoms with van der Waals surface area (Å²) in [6.45, 7) is 19.6. The van der Waals surface area contributed by atoms with Crippen LogP contribution in [0.25, 0.3) is 5.57 Å². The van der Waals surface area contributed by atoms with Crippen molar-refractivity contribution in [1.82, 2.24) is 4.90 Å². The van der Waals surface area contributed by atoms with Crippen LogP contribution in [0.4, 0.5) is 0 Å². The number of nitrogens with zero attached hydrogens (tertiary/aromatic N) is 2. The fourth-order valence-corrected chi connectivity index (χ4v) is 5.71. The number of hydrogen-bond donors (Lipinski definition) is 2.